The smallest absolute Gasteiger partial charge is 0.259 e. The molecule has 4 nitrogen and oxygen atoms in total. The molecule has 0 saturated heterocycles. The van der Waals surface area contributed by atoms with Crippen LogP contribution in [0.15, 0.2) is 72.8 Å². The number of fused-ring (bicyclic) bond motifs is 2. The number of phenolic OH excluding ortho intramolecular Hbond substituents is 1. The van der Waals surface area contributed by atoms with Crippen LogP contribution in [-0.2, 0) is 0 Å². The van der Waals surface area contributed by atoms with Crippen LogP contribution in [-0.4, -0.2) is 18.1 Å². The molecule has 0 saturated carbocycles. The summed E-state index contributed by atoms with van der Waals surface area (Å²) < 4.78 is 5.11. The van der Waals surface area contributed by atoms with Gasteiger partial charge in [-0.25, -0.2) is 0 Å². The van der Waals surface area contributed by atoms with Gasteiger partial charge in [-0.1, -0.05) is 24.3 Å². The lowest BCUT2D eigenvalue weighted by Crippen LogP contribution is -2.12. The Morgan fingerprint density at radius 1 is 0.846 bits per heavy atom. The molecular formula is C22H17NO3. The minimum Gasteiger partial charge on any atom is -0.507 e. The van der Waals surface area contributed by atoms with Crippen molar-refractivity contribution in [2.75, 3.05) is 12.4 Å². The van der Waals surface area contributed by atoms with Gasteiger partial charge in [-0.15, -0.1) is 0 Å². The Morgan fingerprint density at radius 2 is 1.46 bits per heavy atom. The van der Waals surface area contributed by atoms with Crippen molar-refractivity contribution in [3.63, 3.8) is 0 Å². The maximum Gasteiger partial charge on any atom is 0.259 e. The molecule has 0 spiro atoms. The lowest BCUT2D eigenvalue weighted by atomic mass is 10.0. The lowest BCUT2D eigenvalue weighted by Gasteiger charge is -2.10. The van der Waals surface area contributed by atoms with Crippen molar-refractivity contribution in [2.45, 2.75) is 0 Å². The molecule has 4 aromatic carbocycles. The first-order valence-electron chi connectivity index (χ1n) is 8.25. The van der Waals surface area contributed by atoms with Crippen molar-refractivity contribution in [1.82, 2.24) is 0 Å². The third kappa shape index (κ3) is 2.93. The summed E-state index contributed by atoms with van der Waals surface area (Å²) in [5.74, 6) is 0.310. The Hall–Kier alpha value is -3.53. The topological polar surface area (TPSA) is 58.6 Å². The first-order valence-corrected chi connectivity index (χ1v) is 8.25. The SMILES string of the molecule is COc1ccc(NC(=O)c2cc3cc4ccccc4cc3cc2O)cc1. The molecule has 0 heterocycles. The zero-order chi connectivity index (χ0) is 18.1. The fourth-order valence-corrected chi connectivity index (χ4v) is 3.03. The first-order chi connectivity index (χ1) is 12.6. The van der Waals surface area contributed by atoms with E-state index in [-0.39, 0.29) is 17.2 Å². The number of aromatic hydroxyl groups is 1. The van der Waals surface area contributed by atoms with Crippen LogP contribution in [0.3, 0.4) is 0 Å². The number of amides is 1. The molecule has 0 unspecified atom stereocenters. The van der Waals surface area contributed by atoms with Gasteiger partial charge in [0.05, 0.1) is 12.7 Å². The fourth-order valence-electron chi connectivity index (χ4n) is 3.03. The van der Waals surface area contributed by atoms with E-state index in [1.807, 2.05) is 36.4 Å². The number of phenols is 1. The van der Waals surface area contributed by atoms with Gasteiger partial charge < -0.3 is 15.2 Å². The van der Waals surface area contributed by atoms with Crippen molar-refractivity contribution in [3.05, 3.63) is 78.4 Å². The summed E-state index contributed by atoms with van der Waals surface area (Å²) in [6.07, 6.45) is 0. The molecule has 2 N–H and O–H groups in total. The lowest BCUT2D eigenvalue weighted by molar-refractivity contribution is 0.102. The average Bonchev–Trinajstić information content (AvgIpc) is 2.66. The number of rotatable bonds is 3. The van der Waals surface area contributed by atoms with Crippen molar-refractivity contribution < 1.29 is 14.6 Å². The maximum atomic E-state index is 12.6. The molecule has 0 atom stereocenters. The monoisotopic (exact) mass is 343 g/mol. The van der Waals surface area contributed by atoms with Crippen LogP contribution in [0.1, 0.15) is 10.4 Å². The zero-order valence-electron chi connectivity index (χ0n) is 14.2. The predicted octanol–water partition coefficient (Wildman–Crippen LogP) is 4.96. The number of methoxy groups -OCH3 is 1. The molecule has 0 radical (unpaired) electrons. The van der Waals surface area contributed by atoms with E-state index < -0.39 is 0 Å². The Morgan fingerprint density at radius 3 is 2.08 bits per heavy atom. The van der Waals surface area contributed by atoms with Gasteiger partial charge in [0, 0.05) is 5.69 Å². The molecule has 0 aliphatic heterocycles. The second kappa shape index (κ2) is 6.41. The van der Waals surface area contributed by atoms with Gasteiger partial charge in [0.2, 0.25) is 0 Å². The first kappa shape index (κ1) is 16.0. The van der Waals surface area contributed by atoms with E-state index in [9.17, 15) is 9.90 Å². The summed E-state index contributed by atoms with van der Waals surface area (Å²) in [7, 11) is 1.59. The molecule has 26 heavy (non-hydrogen) atoms. The Bertz CT molecular complexity index is 1120. The number of carbonyl (C=O) groups is 1. The predicted molar refractivity (Wildman–Crippen MR) is 104 cm³/mol. The van der Waals surface area contributed by atoms with E-state index in [2.05, 4.69) is 5.32 Å². The summed E-state index contributed by atoms with van der Waals surface area (Å²) >= 11 is 0. The van der Waals surface area contributed by atoms with Crippen LogP contribution in [0.5, 0.6) is 11.5 Å². The summed E-state index contributed by atoms with van der Waals surface area (Å²) in [5, 5.41) is 17.1. The number of hydrogen-bond donors (Lipinski definition) is 2. The fraction of sp³-hybridized carbons (Fsp3) is 0.0455. The number of benzene rings is 4. The highest BCUT2D eigenvalue weighted by Gasteiger charge is 2.13. The van der Waals surface area contributed by atoms with Crippen LogP contribution in [0.4, 0.5) is 5.69 Å². The summed E-state index contributed by atoms with van der Waals surface area (Å²) in [6.45, 7) is 0. The quantitative estimate of drug-likeness (QED) is 0.517. The maximum absolute atomic E-state index is 12.6. The summed E-state index contributed by atoms with van der Waals surface area (Å²) in [6, 6.07) is 22.4. The molecule has 0 bridgehead atoms. The molecule has 4 heteroatoms. The van der Waals surface area contributed by atoms with Crippen molar-refractivity contribution in [2.24, 2.45) is 0 Å². The molecule has 4 aromatic rings. The minimum atomic E-state index is -0.359. The third-order valence-electron chi connectivity index (χ3n) is 4.41. The Kier molecular flexibility index (Phi) is 3.93. The number of carbonyl (C=O) groups excluding carboxylic acids is 1. The van der Waals surface area contributed by atoms with Crippen molar-refractivity contribution in [3.8, 4) is 11.5 Å². The summed E-state index contributed by atoms with van der Waals surface area (Å²) in [4.78, 5) is 12.6. The van der Waals surface area contributed by atoms with Crippen LogP contribution in [0, 0.1) is 0 Å². The Labute approximate surface area is 150 Å². The van der Waals surface area contributed by atoms with Crippen LogP contribution in [0.25, 0.3) is 21.5 Å². The molecule has 0 aromatic heterocycles. The second-order valence-electron chi connectivity index (χ2n) is 6.10. The number of hydrogen-bond acceptors (Lipinski definition) is 3. The van der Waals surface area contributed by atoms with E-state index in [1.165, 1.54) is 0 Å². The van der Waals surface area contributed by atoms with E-state index >= 15 is 0 Å². The zero-order valence-corrected chi connectivity index (χ0v) is 14.2. The van der Waals surface area contributed by atoms with E-state index in [4.69, 9.17) is 4.74 Å². The normalized spacial score (nSPS) is 10.8. The number of nitrogens with one attached hydrogen (secondary N) is 1. The van der Waals surface area contributed by atoms with E-state index in [1.54, 1.807) is 43.5 Å². The molecule has 4 rings (SSSR count). The third-order valence-corrected chi connectivity index (χ3v) is 4.41. The van der Waals surface area contributed by atoms with Gasteiger partial charge in [-0.2, -0.15) is 0 Å². The van der Waals surface area contributed by atoms with Gasteiger partial charge in [0.25, 0.3) is 5.91 Å². The molecule has 0 aliphatic rings. The second-order valence-corrected chi connectivity index (χ2v) is 6.10. The Balaban J connectivity index is 1.71. The van der Waals surface area contributed by atoms with Crippen LogP contribution < -0.4 is 10.1 Å². The van der Waals surface area contributed by atoms with Gasteiger partial charge in [-0.05, 0) is 70.1 Å². The summed E-state index contributed by atoms with van der Waals surface area (Å²) in [5.41, 5.74) is 0.873. The highest BCUT2D eigenvalue weighted by Crippen LogP contribution is 2.29. The molecule has 1 amide bonds. The molecule has 0 aliphatic carbocycles. The van der Waals surface area contributed by atoms with E-state index in [0.29, 0.717) is 11.4 Å². The number of ether oxygens (including phenoxy) is 1. The number of anilines is 1. The molecule has 128 valence electrons. The van der Waals surface area contributed by atoms with Crippen molar-refractivity contribution >= 4 is 33.1 Å². The molecule has 0 fully saturated rings. The largest absolute Gasteiger partial charge is 0.507 e. The highest BCUT2D eigenvalue weighted by molar-refractivity contribution is 6.10. The molecular weight excluding hydrogens is 326 g/mol. The average molecular weight is 343 g/mol. The van der Waals surface area contributed by atoms with E-state index in [0.717, 1.165) is 21.5 Å². The van der Waals surface area contributed by atoms with Gasteiger partial charge in [-0.3, -0.25) is 4.79 Å². The highest BCUT2D eigenvalue weighted by atomic mass is 16.5. The minimum absolute atomic E-state index is 0.0428. The van der Waals surface area contributed by atoms with Crippen LogP contribution in [0.2, 0.25) is 0 Å². The van der Waals surface area contributed by atoms with Gasteiger partial charge >= 0.3 is 0 Å². The van der Waals surface area contributed by atoms with Gasteiger partial charge in [0.1, 0.15) is 11.5 Å². The van der Waals surface area contributed by atoms with Gasteiger partial charge in [0.15, 0.2) is 0 Å². The standard InChI is InChI=1S/C22H17NO3/c1-26-19-8-6-18(7-9-19)23-22(25)20-12-16-10-14-4-2-3-5-15(14)11-17(16)13-21(20)24/h2-13,24H,1H3,(H,23,25). The van der Waals surface area contributed by atoms with Crippen molar-refractivity contribution in [1.29, 1.82) is 0 Å². The van der Waals surface area contributed by atoms with Crippen LogP contribution >= 0.6 is 0 Å².